The maximum Gasteiger partial charge on any atom is 0.251 e. The minimum absolute atomic E-state index is 0.0418. The zero-order chi connectivity index (χ0) is 19.7. The number of amides is 1. The first-order valence-electron chi connectivity index (χ1n) is 9.18. The van der Waals surface area contributed by atoms with Gasteiger partial charge in [-0.25, -0.2) is 8.42 Å². The van der Waals surface area contributed by atoms with Crippen molar-refractivity contribution in [3.05, 3.63) is 65.7 Å². The van der Waals surface area contributed by atoms with Gasteiger partial charge in [0.2, 0.25) is 10.0 Å². The summed E-state index contributed by atoms with van der Waals surface area (Å²) in [4.78, 5) is 12.7. The van der Waals surface area contributed by atoms with E-state index in [-0.39, 0.29) is 22.3 Å². The van der Waals surface area contributed by atoms with Crippen molar-refractivity contribution in [2.45, 2.75) is 43.0 Å². The number of carbonyl (C=O) groups is 1. The molecule has 144 valence electrons. The molecule has 0 radical (unpaired) electrons. The molecular formula is C21H26N2O3S. The van der Waals surface area contributed by atoms with Crippen LogP contribution < -0.4 is 5.32 Å². The zero-order valence-electron chi connectivity index (χ0n) is 16.0. The minimum atomic E-state index is -3.54. The fourth-order valence-electron chi connectivity index (χ4n) is 3.08. The van der Waals surface area contributed by atoms with Gasteiger partial charge >= 0.3 is 0 Å². The standard InChI is InChI=1S/C21H26N2O3S/c1-16(2)23(3)27(25,26)19-11-9-17(10-12-19)20(24)22-15-21(13-14-21)18-7-5-4-6-8-18/h4-12,16H,13-15H2,1-3H3,(H,22,24). The Labute approximate surface area is 161 Å². The first kappa shape index (κ1) is 19.6. The predicted molar refractivity (Wildman–Crippen MR) is 106 cm³/mol. The van der Waals surface area contributed by atoms with Gasteiger partial charge in [-0.05, 0) is 56.5 Å². The van der Waals surface area contributed by atoms with Crippen LogP contribution in [0.3, 0.4) is 0 Å². The number of rotatable bonds is 7. The van der Waals surface area contributed by atoms with Crippen LogP contribution >= 0.6 is 0 Å². The molecule has 1 N–H and O–H groups in total. The van der Waals surface area contributed by atoms with Crippen molar-refractivity contribution in [1.29, 1.82) is 0 Å². The van der Waals surface area contributed by atoms with Crippen LogP contribution in [0.25, 0.3) is 0 Å². The number of benzene rings is 2. The van der Waals surface area contributed by atoms with Crippen LogP contribution in [0.2, 0.25) is 0 Å². The highest BCUT2D eigenvalue weighted by Gasteiger charge is 2.44. The lowest BCUT2D eigenvalue weighted by Crippen LogP contribution is -2.33. The van der Waals surface area contributed by atoms with E-state index in [2.05, 4.69) is 17.4 Å². The number of hydrogen-bond acceptors (Lipinski definition) is 3. The molecule has 0 spiro atoms. The maximum atomic E-state index is 12.5. The Balaban J connectivity index is 1.67. The van der Waals surface area contributed by atoms with E-state index in [1.165, 1.54) is 22.0 Å². The summed E-state index contributed by atoms with van der Waals surface area (Å²) in [5.74, 6) is -0.182. The molecule has 1 aliphatic rings. The van der Waals surface area contributed by atoms with E-state index < -0.39 is 10.0 Å². The van der Waals surface area contributed by atoms with Crippen molar-refractivity contribution in [1.82, 2.24) is 9.62 Å². The Hall–Kier alpha value is -2.18. The monoisotopic (exact) mass is 386 g/mol. The smallest absolute Gasteiger partial charge is 0.251 e. The van der Waals surface area contributed by atoms with Crippen LogP contribution in [0.15, 0.2) is 59.5 Å². The minimum Gasteiger partial charge on any atom is -0.351 e. The average Bonchev–Trinajstić information content (AvgIpc) is 3.47. The van der Waals surface area contributed by atoms with Crippen LogP contribution in [0, 0.1) is 0 Å². The molecule has 2 aromatic rings. The lowest BCUT2D eigenvalue weighted by atomic mass is 9.96. The molecule has 0 unspecified atom stereocenters. The second kappa shape index (κ2) is 7.44. The summed E-state index contributed by atoms with van der Waals surface area (Å²) in [5, 5.41) is 3.00. The SMILES string of the molecule is CC(C)N(C)S(=O)(=O)c1ccc(C(=O)NCC2(c3ccccc3)CC2)cc1. The molecule has 0 bridgehead atoms. The predicted octanol–water partition coefficient (Wildman–Crippen LogP) is 3.18. The van der Waals surface area contributed by atoms with Gasteiger partial charge in [0, 0.05) is 30.6 Å². The van der Waals surface area contributed by atoms with Gasteiger partial charge < -0.3 is 5.32 Å². The third-order valence-electron chi connectivity index (χ3n) is 5.35. The summed E-state index contributed by atoms with van der Waals surface area (Å²) in [5.41, 5.74) is 1.76. The molecule has 5 nitrogen and oxygen atoms in total. The molecule has 0 aromatic heterocycles. The molecule has 1 saturated carbocycles. The number of nitrogens with one attached hydrogen (secondary N) is 1. The maximum absolute atomic E-state index is 12.5. The molecule has 0 saturated heterocycles. The van der Waals surface area contributed by atoms with Crippen LogP contribution in [-0.2, 0) is 15.4 Å². The molecule has 1 aliphatic carbocycles. The van der Waals surface area contributed by atoms with Crippen molar-refractivity contribution in [3.8, 4) is 0 Å². The first-order valence-corrected chi connectivity index (χ1v) is 10.6. The Kier molecular flexibility index (Phi) is 5.40. The lowest BCUT2D eigenvalue weighted by Gasteiger charge is -2.21. The summed E-state index contributed by atoms with van der Waals surface area (Å²) < 4.78 is 26.3. The fraction of sp³-hybridized carbons (Fsp3) is 0.381. The number of sulfonamides is 1. The van der Waals surface area contributed by atoms with Crippen molar-refractivity contribution < 1.29 is 13.2 Å². The van der Waals surface area contributed by atoms with Gasteiger partial charge in [0.25, 0.3) is 5.91 Å². The Morgan fingerprint density at radius 2 is 1.67 bits per heavy atom. The average molecular weight is 387 g/mol. The Morgan fingerprint density at radius 3 is 2.19 bits per heavy atom. The van der Waals surface area contributed by atoms with Crippen molar-refractivity contribution in [3.63, 3.8) is 0 Å². The molecule has 1 amide bonds. The van der Waals surface area contributed by atoms with Gasteiger partial charge in [0.05, 0.1) is 4.90 Å². The van der Waals surface area contributed by atoms with Crippen LogP contribution in [0.4, 0.5) is 0 Å². The van der Waals surface area contributed by atoms with E-state index >= 15 is 0 Å². The van der Waals surface area contributed by atoms with Crippen LogP contribution in [0.1, 0.15) is 42.6 Å². The highest BCUT2D eigenvalue weighted by atomic mass is 32.2. The second-order valence-corrected chi connectivity index (χ2v) is 9.47. The molecule has 3 rings (SSSR count). The molecular weight excluding hydrogens is 360 g/mol. The fourth-order valence-corrected chi connectivity index (χ4v) is 4.45. The van der Waals surface area contributed by atoms with Gasteiger partial charge in [-0.15, -0.1) is 0 Å². The summed E-state index contributed by atoms with van der Waals surface area (Å²) in [6.07, 6.45) is 2.13. The largest absolute Gasteiger partial charge is 0.351 e. The van der Waals surface area contributed by atoms with Gasteiger partial charge in [-0.2, -0.15) is 4.31 Å². The van der Waals surface area contributed by atoms with Crippen LogP contribution in [-0.4, -0.2) is 38.3 Å². The molecule has 27 heavy (non-hydrogen) atoms. The normalized spacial score (nSPS) is 15.7. The van der Waals surface area contributed by atoms with E-state index in [1.807, 2.05) is 32.0 Å². The zero-order valence-corrected chi connectivity index (χ0v) is 16.8. The lowest BCUT2D eigenvalue weighted by molar-refractivity contribution is 0.0949. The van der Waals surface area contributed by atoms with E-state index in [1.54, 1.807) is 19.2 Å². The van der Waals surface area contributed by atoms with Crippen molar-refractivity contribution >= 4 is 15.9 Å². The van der Waals surface area contributed by atoms with E-state index in [0.29, 0.717) is 12.1 Å². The van der Waals surface area contributed by atoms with Gasteiger partial charge in [0.1, 0.15) is 0 Å². The topological polar surface area (TPSA) is 66.5 Å². The van der Waals surface area contributed by atoms with Gasteiger partial charge in [0.15, 0.2) is 0 Å². The number of hydrogen-bond donors (Lipinski definition) is 1. The highest BCUT2D eigenvalue weighted by molar-refractivity contribution is 7.89. The third-order valence-corrected chi connectivity index (χ3v) is 7.40. The first-order chi connectivity index (χ1) is 12.8. The molecule has 0 aliphatic heterocycles. The molecule has 0 heterocycles. The van der Waals surface area contributed by atoms with Crippen LogP contribution in [0.5, 0.6) is 0 Å². The van der Waals surface area contributed by atoms with E-state index in [4.69, 9.17) is 0 Å². The van der Waals surface area contributed by atoms with Gasteiger partial charge in [-0.1, -0.05) is 30.3 Å². The second-order valence-electron chi connectivity index (χ2n) is 7.47. The number of carbonyl (C=O) groups excluding carboxylic acids is 1. The molecule has 2 aromatic carbocycles. The summed E-state index contributed by atoms with van der Waals surface area (Å²) >= 11 is 0. The molecule has 6 heteroatoms. The van der Waals surface area contributed by atoms with Gasteiger partial charge in [-0.3, -0.25) is 4.79 Å². The Bertz CT molecular complexity index is 902. The van der Waals surface area contributed by atoms with E-state index in [0.717, 1.165) is 12.8 Å². The number of nitrogens with zero attached hydrogens (tertiary/aromatic N) is 1. The summed E-state index contributed by atoms with van der Waals surface area (Å²) in [7, 11) is -1.99. The summed E-state index contributed by atoms with van der Waals surface area (Å²) in [6.45, 7) is 4.23. The highest BCUT2D eigenvalue weighted by Crippen LogP contribution is 2.47. The molecule has 0 atom stereocenters. The molecule has 1 fully saturated rings. The summed E-state index contributed by atoms with van der Waals surface area (Å²) in [6, 6.07) is 16.2. The quantitative estimate of drug-likeness (QED) is 0.795. The Morgan fingerprint density at radius 1 is 1.07 bits per heavy atom. The third kappa shape index (κ3) is 4.06. The van der Waals surface area contributed by atoms with Crippen molar-refractivity contribution in [2.75, 3.05) is 13.6 Å². The van der Waals surface area contributed by atoms with E-state index in [9.17, 15) is 13.2 Å². The van der Waals surface area contributed by atoms with Crippen molar-refractivity contribution in [2.24, 2.45) is 0 Å².